The number of rotatable bonds is 3. The molecule has 2 rings (SSSR count). The van der Waals surface area contributed by atoms with Crippen LogP contribution in [0.4, 0.5) is 0 Å². The molecule has 2 aromatic carbocycles. The van der Waals surface area contributed by atoms with E-state index in [1.54, 1.807) is 12.1 Å². The summed E-state index contributed by atoms with van der Waals surface area (Å²) in [7, 11) is 0. The largest absolute Gasteiger partial charge is 0.330 e. The highest BCUT2D eigenvalue weighted by Crippen LogP contribution is 2.38. The Hall–Kier alpha value is -0.440. The maximum atomic E-state index is 6.23. The summed E-state index contributed by atoms with van der Waals surface area (Å²) in [6, 6.07) is 9.02. The van der Waals surface area contributed by atoms with Gasteiger partial charge in [0, 0.05) is 15.6 Å². The second-order valence-corrected chi connectivity index (χ2v) is 5.75. The van der Waals surface area contributed by atoms with E-state index >= 15 is 0 Å². The molecule has 0 heterocycles. The quantitative estimate of drug-likeness (QED) is 0.791. The third kappa shape index (κ3) is 3.36. The molecular formula is C14H11Cl4N. The number of nitrogens with two attached hydrogens (primary N) is 1. The zero-order chi connectivity index (χ0) is 14.0. The Morgan fingerprint density at radius 1 is 0.842 bits per heavy atom. The molecule has 0 fully saturated rings. The molecule has 0 amide bonds. The van der Waals surface area contributed by atoms with E-state index in [4.69, 9.17) is 52.1 Å². The van der Waals surface area contributed by atoms with Crippen LogP contribution >= 0.6 is 46.4 Å². The Balaban J connectivity index is 2.51. The number of hydrogen-bond donors (Lipinski definition) is 1. The molecule has 0 spiro atoms. The van der Waals surface area contributed by atoms with Gasteiger partial charge in [0.25, 0.3) is 0 Å². The van der Waals surface area contributed by atoms with Crippen molar-refractivity contribution in [1.82, 2.24) is 0 Å². The molecule has 2 aromatic rings. The van der Waals surface area contributed by atoms with Crippen LogP contribution in [0.1, 0.15) is 5.56 Å². The summed E-state index contributed by atoms with van der Waals surface area (Å²) >= 11 is 24.5. The summed E-state index contributed by atoms with van der Waals surface area (Å²) in [5.41, 5.74) is 8.13. The molecule has 1 nitrogen and oxygen atoms in total. The number of benzene rings is 2. The Morgan fingerprint density at radius 2 is 1.47 bits per heavy atom. The van der Waals surface area contributed by atoms with Crippen molar-refractivity contribution in [1.29, 1.82) is 0 Å². The Kier molecular flexibility index (Phi) is 4.99. The summed E-state index contributed by atoms with van der Waals surface area (Å²) in [6.45, 7) is 0.557. The minimum atomic E-state index is 0.500. The van der Waals surface area contributed by atoms with E-state index in [-0.39, 0.29) is 0 Å². The van der Waals surface area contributed by atoms with Crippen LogP contribution in [0.25, 0.3) is 11.1 Å². The summed E-state index contributed by atoms with van der Waals surface area (Å²) in [5.74, 6) is 0. The molecule has 0 bridgehead atoms. The van der Waals surface area contributed by atoms with Crippen molar-refractivity contribution in [3.63, 3.8) is 0 Å². The van der Waals surface area contributed by atoms with E-state index in [0.717, 1.165) is 23.1 Å². The van der Waals surface area contributed by atoms with Crippen LogP contribution < -0.4 is 5.73 Å². The van der Waals surface area contributed by atoms with Gasteiger partial charge in [-0.2, -0.15) is 0 Å². The first kappa shape index (κ1) is 15.0. The van der Waals surface area contributed by atoms with E-state index < -0.39 is 0 Å². The van der Waals surface area contributed by atoms with Crippen molar-refractivity contribution in [2.75, 3.05) is 6.54 Å². The average Bonchev–Trinajstić information content (AvgIpc) is 2.31. The molecule has 0 radical (unpaired) electrons. The molecule has 0 aliphatic rings. The molecule has 0 aliphatic heterocycles. The van der Waals surface area contributed by atoms with Crippen LogP contribution in [0, 0.1) is 0 Å². The minimum Gasteiger partial charge on any atom is -0.330 e. The predicted molar refractivity (Wildman–Crippen MR) is 84.7 cm³/mol. The van der Waals surface area contributed by atoms with Crippen LogP contribution in [-0.4, -0.2) is 6.54 Å². The van der Waals surface area contributed by atoms with Gasteiger partial charge in [-0.25, -0.2) is 0 Å². The standard InChI is InChI=1S/C14H11Cl4N/c15-10-6-12(17)14(13(18)7-10)9-2-1-8(3-4-19)11(16)5-9/h1-2,5-7H,3-4,19H2. The fourth-order valence-corrected chi connectivity index (χ4v) is 3.19. The van der Waals surface area contributed by atoms with E-state index in [0.29, 0.717) is 26.6 Å². The monoisotopic (exact) mass is 333 g/mol. The second kappa shape index (κ2) is 6.34. The highest BCUT2D eigenvalue weighted by Gasteiger charge is 2.11. The van der Waals surface area contributed by atoms with E-state index in [9.17, 15) is 0 Å². The van der Waals surface area contributed by atoms with Crippen LogP contribution in [0.3, 0.4) is 0 Å². The molecule has 0 saturated heterocycles. The van der Waals surface area contributed by atoms with E-state index in [1.165, 1.54) is 0 Å². The fourth-order valence-electron chi connectivity index (χ4n) is 1.88. The van der Waals surface area contributed by atoms with Crippen LogP contribution in [-0.2, 0) is 6.42 Å². The first-order valence-corrected chi connectivity index (χ1v) is 7.17. The summed E-state index contributed by atoms with van der Waals surface area (Å²) in [5, 5.41) is 2.16. The molecule has 0 unspecified atom stereocenters. The topological polar surface area (TPSA) is 26.0 Å². The lowest BCUT2D eigenvalue weighted by molar-refractivity contribution is 0.969. The number of halogens is 4. The zero-order valence-electron chi connectivity index (χ0n) is 9.89. The predicted octanol–water partition coefficient (Wildman–Crippen LogP) is 5.47. The van der Waals surface area contributed by atoms with Gasteiger partial charge in [-0.3, -0.25) is 0 Å². The maximum Gasteiger partial charge on any atom is 0.0514 e. The van der Waals surface area contributed by atoms with Gasteiger partial charge in [0.2, 0.25) is 0 Å². The number of hydrogen-bond acceptors (Lipinski definition) is 1. The van der Waals surface area contributed by atoms with Crippen LogP contribution in [0.15, 0.2) is 30.3 Å². The molecule has 0 saturated carbocycles. The van der Waals surface area contributed by atoms with Crippen molar-refractivity contribution in [2.45, 2.75) is 6.42 Å². The highest BCUT2D eigenvalue weighted by molar-refractivity contribution is 6.42. The smallest absolute Gasteiger partial charge is 0.0514 e. The Morgan fingerprint density at radius 3 is 2.00 bits per heavy atom. The lowest BCUT2D eigenvalue weighted by Gasteiger charge is -2.10. The van der Waals surface area contributed by atoms with Crippen LogP contribution in [0.5, 0.6) is 0 Å². The lowest BCUT2D eigenvalue weighted by Crippen LogP contribution is -2.03. The summed E-state index contributed by atoms with van der Waals surface area (Å²) in [6.07, 6.45) is 0.737. The van der Waals surface area contributed by atoms with E-state index in [2.05, 4.69) is 0 Å². The third-order valence-corrected chi connectivity index (χ3v) is 3.93. The average molecular weight is 335 g/mol. The van der Waals surface area contributed by atoms with Gasteiger partial charge in [-0.1, -0.05) is 58.5 Å². The molecule has 0 aliphatic carbocycles. The molecule has 2 N–H and O–H groups in total. The van der Waals surface area contributed by atoms with E-state index in [1.807, 2.05) is 18.2 Å². The van der Waals surface area contributed by atoms with Crippen LogP contribution in [0.2, 0.25) is 20.1 Å². The van der Waals surface area contributed by atoms with Gasteiger partial charge in [-0.05, 0) is 42.3 Å². The van der Waals surface area contributed by atoms with Gasteiger partial charge in [0.05, 0.1) is 10.0 Å². The summed E-state index contributed by atoms with van der Waals surface area (Å²) in [4.78, 5) is 0. The molecule has 5 heteroatoms. The molecule has 100 valence electrons. The van der Waals surface area contributed by atoms with Crippen molar-refractivity contribution in [3.05, 3.63) is 56.0 Å². The van der Waals surface area contributed by atoms with Crippen molar-refractivity contribution < 1.29 is 0 Å². The van der Waals surface area contributed by atoms with Gasteiger partial charge >= 0.3 is 0 Å². The zero-order valence-corrected chi connectivity index (χ0v) is 12.9. The first-order chi connectivity index (χ1) is 9.02. The van der Waals surface area contributed by atoms with Gasteiger partial charge in [0.1, 0.15) is 0 Å². The van der Waals surface area contributed by atoms with Gasteiger partial charge in [-0.15, -0.1) is 0 Å². The Bertz CT molecular complexity index is 587. The first-order valence-electron chi connectivity index (χ1n) is 5.66. The van der Waals surface area contributed by atoms with Crippen molar-refractivity contribution in [3.8, 4) is 11.1 Å². The maximum absolute atomic E-state index is 6.23. The lowest BCUT2D eigenvalue weighted by atomic mass is 10.0. The van der Waals surface area contributed by atoms with Gasteiger partial charge < -0.3 is 5.73 Å². The molecular weight excluding hydrogens is 324 g/mol. The highest BCUT2D eigenvalue weighted by atomic mass is 35.5. The molecule has 19 heavy (non-hydrogen) atoms. The molecule has 0 aromatic heterocycles. The third-order valence-electron chi connectivity index (χ3n) is 2.76. The van der Waals surface area contributed by atoms with Gasteiger partial charge in [0.15, 0.2) is 0 Å². The van der Waals surface area contributed by atoms with Crippen molar-refractivity contribution in [2.24, 2.45) is 5.73 Å². The SMILES string of the molecule is NCCc1ccc(-c2c(Cl)cc(Cl)cc2Cl)cc1Cl. The minimum absolute atomic E-state index is 0.500. The normalized spacial score (nSPS) is 10.8. The summed E-state index contributed by atoms with van der Waals surface area (Å²) < 4.78 is 0. The van der Waals surface area contributed by atoms with Crippen molar-refractivity contribution >= 4 is 46.4 Å². The second-order valence-electron chi connectivity index (χ2n) is 4.09. The molecule has 0 atom stereocenters. The fraction of sp³-hybridized carbons (Fsp3) is 0.143. The Labute approximate surface area is 132 Å².